The highest BCUT2D eigenvalue weighted by atomic mass is 16.5. The van der Waals surface area contributed by atoms with Crippen LogP contribution in [0.4, 0.5) is 5.95 Å². The Morgan fingerprint density at radius 2 is 2.15 bits per heavy atom. The molecule has 0 aliphatic rings. The van der Waals surface area contributed by atoms with Crippen LogP contribution in [-0.4, -0.2) is 16.6 Å². The van der Waals surface area contributed by atoms with Gasteiger partial charge in [0.25, 0.3) is 0 Å². The SMILES string of the molecule is Cc1cc(OCC(C)C)nc(N)n1. The van der Waals surface area contributed by atoms with Crippen LogP contribution in [0.15, 0.2) is 6.07 Å². The largest absolute Gasteiger partial charge is 0.477 e. The second kappa shape index (κ2) is 4.07. The van der Waals surface area contributed by atoms with E-state index < -0.39 is 0 Å². The molecule has 1 aromatic heterocycles. The van der Waals surface area contributed by atoms with Crippen molar-refractivity contribution in [3.05, 3.63) is 11.8 Å². The fraction of sp³-hybridized carbons (Fsp3) is 0.556. The van der Waals surface area contributed by atoms with Crippen molar-refractivity contribution in [1.82, 2.24) is 9.97 Å². The van der Waals surface area contributed by atoms with E-state index in [1.165, 1.54) is 0 Å². The molecule has 13 heavy (non-hydrogen) atoms. The molecule has 0 fully saturated rings. The van der Waals surface area contributed by atoms with Crippen LogP contribution in [0.3, 0.4) is 0 Å². The average Bonchev–Trinajstić information content (AvgIpc) is 1.99. The summed E-state index contributed by atoms with van der Waals surface area (Å²) in [5.74, 6) is 1.30. The van der Waals surface area contributed by atoms with Gasteiger partial charge in [0, 0.05) is 11.8 Å². The van der Waals surface area contributed by atoms with Crippen LogP contribution in [0, 0.1) is 12.8 Å². The van der Waals surface area contributed by atoms with E-state index in [1.54, 1.807) is 6.07 Å². The minimum Gasteiger partial charge on any atom is -0.477 e. The number of anilines is 1. The number of aromatic nitrogens is 2. The number of aryl methyl sites for hydroxylation is 1. The summed E-state index contributed by atoms with van der Waals surface area (Å²) in [5, 5.41) is 0. The third-order valence-corrected chi connectivity index (χ3v) is 1.41. The van der Waals surface area contributed by atoms with E-state index in [2.05, 4.69) is 23.8 Å². The van der Waals surface area contributed by atoms with E-state index in [1.807, 2.05) is 6.92 Å². The zero-order valence-corrected chi connectivity index (χ0v) is 8.24. The van der Waals surface area contributed by atoms with Crippen molar-refractivity contribution in [3.8, 4) is 5.88 Å². The van der Waals surface area contributed by atoms with Gasteiger partial charge in [-0.1, -0.05) is 13.8 Å². The van der Waals surface area contributed by atoms with Crippen LogP contribution in [0.2, 0.25) is 0 Å². The Bertz CT molecular complexity index is 266. The molecule has 0 unspecified atom stereocenters. The molecule has 1 aromatic rings. The highest BCUT2D eigenvalue weighted by Crippen LogP contribution is 2.10. The molecule has 4 nitrogen and oxygen atoms in total. The molecule has 0 saturated heterocycles. The summed E-state index contributed by atoms with van der Waals surface area (Å²) in [6.45, 7) is 6.67. The molecule has 0 saturated carbocycles. The Balaban J connectivity index is 2.66. The second-order valence-corrected chi connectivity index (χ2v) is 3.41. The molecule has 0 atom stereocenters. The maximum atomic E-state index is 5.46. The quantitative estimate of drug-likeness (QED) is 0.765. The standard InChI is InChI=1S/C9H15N3O/c1-6(2)5-13-8-4-7(3)11-9(10)12-8/h4,6H,5H2,1-3H3,(H2,10,11,12). The Kier molecular flexibility index (Phi) is 3.06. The van der Waals surface area contributed by atoms with Crippen LogP contribution >= 0.6 is 0 Å². The number of hydrogen-bond acceptors (Lipinski definition) is 4. The molecule has 0 radical (unpaired) electrons. The summed E-state index contributed by atoms with van der Waals surface area (Å²) >= 11 is 0. The van der Waals surface area contributed by atoms with Crippen molar-refractivity contribution >= 4 is 5.95 Å². The molecule has 2 N–H and O–H groups in total. The summed E-state index contributed by atoms with van der Waals surface area (Å²) in [7, 11) is 0. The van der Waals surface area contributed by atoms with Crippen molar-refractivity contribution in [2.75, 3.05) is 12.3 Å². The summed E-state index contributed by atoms with van der Waals surface area (Å²) in [4.78, 5) is 7.90. The number of nitrogens with two attached hydrogens (primary N) is 1. The van der Waals surface area contributed by atoms with Gasteiger partial charge in [-0.25, -0.2) is 4.98 Å². The van der Waals surface area contributed by atoms with Crippen LogP contribution in [0.5, 0.6) is 5.88 Å². The molecule has 4 heteroatoms. The third-order valence-electron chi connectivity index (χ3n) is 1.41. The van der Waals surface area contributed by atoms with Crippen molar-refractivity contribution in [2.45, 2.75) is 20.8 Å². The topological polar surface area (TPSA) is 61.0 Å². The minimum absolute atomic E-state index is 0.263. The van der Waals surface area contributed by atoms with E-state index in [0.717, 1.165) is 5.69 Å². The monoisotopic (exact) mass is 181 g/mol. The van der Waals surface area contributed by atoms with Crippen molar-refractivity contribution < 1.29 is 4.74 Å². The van der Waals surface area contributed by atoms with Crippen molar-refractivity contribution in [2.24, 2.45) is 5.92 Å². The van der Waals surface area contributed by atoms with Gasteiger partial charge in [-0.05, 0) is 12.8 Å². The lowest BCUT2D eigenvalue weighted by Crippen LogP contribution is -2.07. The Labute approximate surface area is 78.1 Å². The van der Waals surface area contributed by atoms with E-state index in [0.29, 0.717) is 18.4 Å². The van der Waals surface area contributed by atoms with E-state index in [4.69, 9.17) is 10.5 Å². The lowest BCUT2D eigenvalue weighted by Gasteiger charge is -2.08. The molecule has 0 bridgehead atoms. The lowest BCUT2D eigenvalue weighted by atomic mass is 10.2. The van der Waals surface area contributed by atoms with Gasteiger partial charge in [-0.2, -0.15) is 4.98 Å². The predicted molar refractivity (Wildman–Crippen MR) is 51.5 cm³/mol. The molecule has 1 rings (SSSR count). The first-order valence-corrected chi connectivity index (χ1v) is 4.32. The molecule has 72 valence electrons. The van der Waals surface area contributed by atoms with Gasteiger partial charge in [0.05, 0.1) is 6.61 Å². The van der Waals surface area contributed by atoms with Gasteiger partial charge >= 0.3 is 0 Å². The highest BCUT2D eigenvalue weighted by molar-refractivity contribution is 5.25. The maximum absolute atomic E-state index is 5.46. The maximum Gasteiger partial charge on any atom is 0.223 e. The Morgan fingerprint density at radius 3 is 2.69 bits per heavy atom. The third kappa shape index (κ3) is 3.27. The molecule has 0 aromatic carbocycles. The predicted octanol–water partition coefficient (Wildman–Crippen LogP) is 1.40. The van der Waals surface area contributed by atoms with Crippen LogP contribution in [0.25, 0.3) is 0 Å². The molecule has 1 heterocycles. The van der Waals surface area contributed by atoms with Gasteiger partial charge in [0.1, 0.15) is 0 Å². The van der Waals surface area contributed by atoms with Gasteiger partial charge < -0.3 is 10.5 Å². The number of nitrogen functional groups attached to an aromatic ring is 1. The van der Waals surface area contributed by atoms with E-state index >= 15 is 0 Å². The first-order chi connectivity index (χ1) is 6.08. The molecule has 0 amide bonds. The first kappa shape index (κ1) is 9.77. The molecule has 0 spiro atoms. The van der Waals surface area contributed by atoms with Crippen LogP contribution in [-0.2, 0) is 0 Å². The molecular weight excluding hydrogens is 166 g/mol. The smallest absolute Gasteiger partial charge is 0.223 e. The average molecular weight is 181 g/mol. The van der Waals surface area contributed by atoms with Gasteiger partial charge in [0.2, 0.25) is 11.8 Å². The fourth-order valence-corrected chi connectivity index (χ4v) is 0.888. The van der Waals surface area contributed by atoms with Gasteiger partial charge in [-0.15, -0.1) is 0 Å². The van der Waals surface area contributed by atoms with Crippen molar-refractivity contribution in [3.63, 3.8) is 0 Å². The molecule has 0 aliphatic heterocycles. The van der Waals surface area contributed by atoms with Gasteiger partial charge in [-0.3, -0.25) is 0 Å². The van der Waals surface area contributed by atoms with E-state index in [9.17, 15) is 0 Å². The van der Waals surface area contributed by atoms with Crippen LogP contribution in [0.1, 0.15) is 19.5 Å². The lowest BCUT2D eigenvalue weighted by molar-refractivity contribution is 0.261. The number of ether oxygens (including phenoxy) is 1. The first-order valence-electron chi connectivity index (χ1n) is 4.32. The number of rotatable bonds is 3. The summed E-state index contributed by atoms with van der Waals surface area (Å²) in [6.07, 6.45) is 0. The normalized spacial score (nSPS) is 10.5. The van der Waals surface area contributed by atoms with Gasteiger partial charge in [0.15, 0.2) is 0 Å². The molecule has 0 aliphatic carbocycles. The molecular formula is C9H15N3O. The zero-order valence-electron chi connectivity index (χ0n) is 8.24. The van der Waals surface area contributed by atoms with Crippen molar-refractivity contribution in [1.29, 1.82) is 0 Å². The Hall–Kier alpha value is -1.32. The van der Waals surface area contributed by atoms with Crippen LogP contribution < -0.4 is 10.5 Å². The second-order valence-electron chi connectivity index (χ2n) is 3.41. The summed E-state index contributed by atoms with van der Waals surface area (Å²) in [5.41, 5.74) is 6.29. The van der Waals surface area contributed by atoms with E-state index in [-0.39, 0.29) is 5.95 Å². The highest BCUT2D eigenvalue weighted by Gasteiger charge is 2.01. The number of hydrogen-bond donors (Lipinski definition) is 1. The summed E-state index contributed by atoms with van der Waals surface area (Å²) in [6, 6.07) is 1.78. The Morgan fingerprint density at radius 1 is 1.46 bits per heavy atom. The summed E-state index contributed by atoms with van der Waals surface area (Å²) < 4.78 is 5.40. The zero-order chi connectivity index (χ0) is 9.84. The minimum atomic E-state index is 0.263. The number of nitrogens with zero attached hydrogens (tertiary/aromatic N) is 2. The fourth-order valence-electron chi connectivity index (χ4n) is 0.888.